The number of rotatable bonds is 8. The van der Waals surface area contributed by atoms with Crippen molar-refractivity contribution >= 4 is 11.8 Å². The zero-order valence-corrected chi connectivity index (χ0v) is 22.4. The van der Waals surface area contributed by atoms with Crippen LogP contribution in [-0.4, -0.2) is 45.5 Å². The largest absolute Gasteiger partial charge is 0.448 e. The van der Waals surface area contributed by atoms with E-state index in [1.54, 1.807) is 36.4 Å². The second-order valence-corrected chi connectivity index (χ2v) is 10.8. The Morgan fingerprint density at radius 1 is 1.08 bits per heavy atom. The Morgan fingerprint density at radius 3 is 2.56 bits per heavy atom. The minimum absolute atomic E-state index is 0.0408. The van der Waals surface area contributed by atoms with Crippen molar-refractivity contribution in [1.82, 2.24) is 9.80 Å². The lowest BCUT2D eigenvalue weighted by atomic mass is 9.90. The first kappa shape index (κ1) is 28.2. The fourth-order valence-corrected chi connectivity index (χ4v) is 4.90. The maximum absolute atomic E-state index is 14.4. The van der Waals surface area contributed by atoms with Crippen LogP contribution in [0.4, 0.5) is 19.3 Å². The molecule has 39 heavy (non-hydrogen) atoms. The highest BCUT2D eigenvalue weighted by Crippen LogP contribution is 2.27. The lowest BCUT2D eigenvalue weighted by molar-refractivity contribution is -0.384. The molecule has 0 spiro atoms. The number of nitro benzene ring substituents is 1. The predicted molar refractivity (Wildman–Crippen MR) is 144 cm³/mol. The van der Waals surface area contributed by atoms with Crippen molar-refractivity contribution in [2.45, 2.75) is 58.3 Å². The maximum Gasteiger partial charge on any atom is 0.410 e. The highest BCUT2D eigenvalue weighted by molar-refractivity contribution is 5.68. The lowest BCUT2D eigenvalue weighted by Crippen LogP contribution is -2.47. The van der Waals surface area contributed by atoms with Gasteiger partial charge < -0.3 is 4.74 Å². The van der Waals surface area contributed by atoms with Gasteiger partial charge in [0.05, 0.1) is 4.92 Å². The van der Waals surface area contributed by atoms with Gasteiger partial charge in [-0.2, -0.15) is 0 Å². The van der Waals surface area contributed by atoms with Gasteiger partial charge in [-0.3, -0.25) is 19.9 Å². The van der Waals surface area contributed by atoms with Crippen LogP contribution in [0.2, 0.25) is 0 Å². The zero-order chi connectivity index (χ0) is 28.2. The van der Waals surface area contributed by atoms with Gasteiger partial charge >= 0.3 is 6.09 Å². The van der Waals surface area contributed by atoms with Crippen LogP contribution in [0.3, 0.4) is 0 Å². The molecule has 0 fully saturated rings. The molecule has 0 N–H and O–H groups in total. The molecular formula is C30H33F2N3O4. The molecule has 206 valence electrons. The van der Waals surface area contributed by atoms with E-state index in [9.17, 15) is 23.7 Å². The topological polar surface area (TPSA) is 75.9 Å². The molecule has 0 aromatic heterocycles. The number of carbonyl (C=O) groups excluding carboxylic acids is 1. The molecule has 0 bridgehead atoms. The molecule has 9 heteroatoms. The molecule has 3 aromatic rings. The van der Waals surface area contributed by atoms with Gasteiger partial charge in [0, 0.05) is 43.3 Å². The van der Waals surface area contributed by atoms with Crippen LogP contribution in [0.15, 0.2) is 66.7 Å². The van der Waals surface area contributed by atoms with Crippen LogP contribution in [0.5, 0.6) is 0 Å². The molecule has 0 saturated carbocycles. The first-order valence-corrected chi connectivity index (χ1v) is 12.9. The monoisotopic (exact) mass is 537 g/mol. The van der Waals surface area contributed by atoms with Gasteiger partial charge in [-0.25, -0.2) is 13.6 Å². The number of nitrogens with zero attached hydrogens (tertiary/aromatic N) is 3. The van der Waals surface area contributed by atoms with Crippen molar-refractivity contribution in [2.24, 2.45) is 0 Å². The molecule has 3 aromatic carbocycles. The Bertz CT molecular complexity index is 1340. The average molecular weight is 538 g/mol. The van der Waals surface area contributed by atoms with Gasteiger partial charge in [0.2, 0.25) is 0 Å². The first-order chi connectivity index (χ1) is 18.5. The van der Waals surface area contributed by atoms with Crippen LogP contribution in [0.1, 0.15) is 43.0 Å². The Labute approximate surface area is 227 Å². The molecule has 1 unspecified atom stereocenters. The van der Waals surface area contributed by atoms with Crippen LogP contribution in [0.25, 0.3) is 0 Å². The summed E-state index contributed by atoms with van der Waals surface area (Å²) < 4.78 is 34.1. The van der Waals surface area contributed by atoms with Crippen molar-refractivity contribution in [1.29, 1.82) is 0 Å². The van der Waals surface area contributed by atoms with Crippen LogP contribution >= 0.6 is 0 Å². The van der Waals surface area contributed by atoms with Gasteiger partial charge in [-0.05, 0) is 74.1 Å². The highest BCUT2D eigenvalue weighted by atomic mass is 19.1. The number of nitro groups is 1. The summed E-state index contributed by atoms with van der Waals surface area (Å²) in [7, 11) is 0. The smallest absolute Gasteiger partial charge is 0.410 e. The van der Waals surface area contributed by atoms with E-state index in [4.69, 9.17) is 4.74 Å². The molecule has 1 aliphatic rings. The molecule has 0 radical (unpaired) electrons. The normalized spacial score (nSPS) is 15.5. The highest BCUT2D eigenvalue weighted by Gasteiger charge is 2.30. The Hall–Kier alpha value is -3.85. The number of fused-ring (bicyclic) bond motifs is 1. The summed E-state index contributed by atoms with van der Waals surface area (Å²) in [5.41, 5.74) is 2.47. The third-order valence-electron chi connectivity index (χ3n) is 7.02. The lowest BCUT2D eigenvalue weighted by Gasteiger charge is -2.38. The first-order valence-electron chi connectivity index (χ1n) is 12.9. The van der Waals surface area contributed by atoms with E-state index in [1.165, 1.54) is 35.2 Å². The summed E-state index contributed by atoms with van der Waals surface area (Å²) >= 11 is 0. The molecule has 1 heterocycles. The number of carbonyl (C=O) groups is 1. The van der Waals surface area contributed by atoms with Crippen LogP contribution in [0, 0.1) is 21.7 Å². The molecule has 0 aliphatic carbocycles. The minimum Gasteiger partial charge on any atom is -0.448 e. The van der Waals surface area contributed by atoms with Gasteiger partial charge in [0.15, 0.2) is 0 Å². The summed E-state index contributed by atoms with van der Waals surface area (Å²) in [6, 6.07) is 17.5. The molecule has 1 amide bonds. The average Bonchev–Trinajstić information content (AvgIpc) is 2.88. The molecular weight excluding hydrogens is 504 g/mol. The molecule has 0 saturated heterocycles. The SMILES string of the molecule is CC(C)(C)N(Cc1cccc([N+](=O)[O-])c1)C(=O)OCCN1Cc2ccc(F)cc2CC1Cc1ccccc1F. The van der Waals surface area contributed by atoms with E-state index >= 15 is 0 Å². The number of ether oxygens (including phenoxy) is 1. The molecule has 1 atom stereocenters. The predicted octanol–water partition coefficient (Wildman–Crippen LogP) is 6.28. The van der Waals surface area contributed by atoms with Gasteiger partial charge in [0.25, 0.3) is 5.69 Å². The van der Waals surface area contributed by atoms with E-state index in [0.29, 0.717) is 37.1 Å². The van der Waals surface area contributed by atoms with E-state index in [-0.39, 0.29) is 36.5 Å². The summed E-state index contributed by atoms with van der Waals surface area (Å²) in [6.07, 6.45) is 0.465. The van der Waals surface area contributed by atoms with E-state index < -0.39 is 16.6 Å². The van der Waals surface area contributed by atoms with E-state index in [1.807, 2.05) is 20.8 Å². The number of non-ortho nitro benzene ring substituents is 1. The fraction of sp³-hybridized carbons (Fsp3) is 0.367. The summed E-state index contributed by atoms with van der Waals surface area (Å²) in [5.74, 6) is -0.581. The zero-order valence-electron chi connectivity index (χ0n) is 22.4. The summed E-state index contributed by atoms with van der Waals surface area (Å²) in [5, 5.41) is 11.2. The third-order valence-corrected chi connectivity index (χ3v) is 7.02. The third kappa shape index (κ3) is 7.17. The Balaban J connectivity index is 1.45. The molecule has 7 nitrogen and oxygen atoms in total. The van der Waals surface area contributed by atoms with Gasteiger partial charge in [0.1, 0.15) is 18.2 Å². The second kappa shape index (κ2) is 11.9. The standard InChI is InChI=1S/C30H33F2N3O4/c1-30(2,3)34(19-21-7-6-9-26(15-21)35(37)38)29(36)39-14-13-33-20-23-11-12-25(31)16-24(23)18-27(33)17-22-8-4-5-10-28(22)32/h4-12,15-16,27H,13-14,17-20H2,1-3H3. The Morgan fingerprint density at radius 2 is 1.85 bits per heavy atom. The van der Waals surface area contributed by atoms with E-state index in [2.05, 4.69) is 4.90 Å². The fourth-order valence-electron chi connectivity index (χ4n) is 4.90. The number of hydrogen-bond donors (Lipinski definition) is 0. The van der Waals surface area contributed by atoms with Crippen molar-refractivity contribution < 1.29 is 23.2 Å². The van der Waals surface area contributed by atoms with Crippen molar-refractivity contribution in [2.75, 3.05) is 13.2 Å². The number of benzene rings is 3. The summed E-state index contributed by atoms with van der Waals surface area (Å²) in [6.45, 7) is 6.82. The van der Waals surface area contributed by atoms with Crippen molar-refractivity contribution in [3.8, 4) is 0 Å². The second-order valence-electron chi connectivity index (χ2n) is 10.8. The number of hydrogen-bond acceptors (Lipinski definition) is 5. The van der Waals surface area contributed by atoms with E-state index in [0.717, 1.165) is 11.1 Å². The number of halogens is 2. The van der Waals surface area contributed by atoms with Crippen LogP contribution < -0.4 is 0 Å². The van der Waals surface area contributed by atoms with Crippen LogP contribution in [-0.2, 0) is 30.7 Å². The Kier molecular flexibility index (Phi) is 8.60. The minimum atomic E-state index is -0.594. The number of amides is 1. The maximum atomic E-state index is 14.4. The van der Waals surface area contributed by atoms with Crippen molar-refractivity contribution in [3.63, 3.8) is 0 Å². The van der Waals surface area contributed by atoms with Crippen molar-refractivity contribution in [3.05, 3.63) is 111 Å². The molecule has 4 rings (SSSR count). The van der Waals surface area contributed by atoms with Gasteiger partial charge in [-0.15, -0.1) is 0 Å². The van der Waals surface area contributed by atoms with Gasteiger partial charge in [-0.1, -0.05) is 36.4 Å². The quantitative estimate of drug-likeness (QED) is 0.250. The molecule has 1 aliphatic heterocycles. The summed E-state index contributed by atoms with van der Waals surface area (Å²) in [4.78, 5) is 27.6.